The highest BCUT2D eigenvalue weighted by Gasteiger charge is 2.49. The molecule has 1 aromatic rings. The van der Waals surface area contributed by atoms with Crippen LogP contribution in [0.3, 0.4) is 0 Å². The number of nitrogens with zero attached hydrogens (tertiary/aromatic N) is 2. The molecular formula is C21H27Cl2N5O2. The Bertz CT molecular complexity index is 830. The molecule has 162 valence electrons. The summed E-state index contributed by atoms with van der Waals surface area (Å²) in [5.41, 5.74) is 10.1. The fourth-order valence-electron chi connectivity index (χ4n) is 5.49. The molecule has 3 saturated heterocycles. The topological polar surface area (TPSA) is 76.7 Å². The van der Waals surface area contributed by atoms with Gasteiger partial charge < -0.3 is 9.80 Å². The average Bonchev–Trinajstić information content (AvgIpc) is 3.18. The molecule has 0 aromatic heterocycles. The molecule has 30 heavy (non-hydrogen) atoms. The van der Waals surface area contributed by atoms with E-state index in [4.69, 9.17) is 23.2 Å². The lowest BCUT2D eigenvalue weighted by molar-refractivity contribution is -0.152. The third kappa shape index (κ3) is 3.82. The van der Waals surface area contributed by atoms with Crippen molar-refractivity contribution in [2.75, 3.05) is 26.2 Å². The first-order valence-corrected chi connectivity index (χ1v) is 11.5. The molecule has 0 radical (unpaired) electrons. The van der Waals surface area contributed by atoms with E-state index in [9.17, 15) is 9.59 Å². The number of hydrogen-bond donors (Lipinski definition) is 3. The van der Waals surface area contributed by atoms with Crippen molar-refractivity contribution in [3.8, 4) is 0 Å². The molecule has 3 unspecified atom stereocenters. The van der Waals surface area contributed by atoms with E-state index in [0.717, 1.165) is 45.2 Å². The number of carbonyl (C=O) groups excluding carboxylic acids is 2. The highest BCUT2D eigenvalue weighted by atomic mass is 35.5. The first-order chi connectivity index (χ1) is 14.4. The minimum absolute atomic E-state index is 0.0236. The number of hydrazine groups is 2. The van der Waals surface area contributed by atoms with Gasteiger partial charge in [-0.05, 0) is 50.3 Å². The molecule has 1 spiro atoms. The zero-order valence-electron chi connectivity index (χ0n) is 16.8. The van der Waals surface area contributed by atoms with E-state index in [1.54, 1.807) is 18.2 Å². The molecule has 1 saturated carbocycles. The van der Waals surface area contributed by atoms with E-state index in [1.165, 1.54) is 0 Å². The normalized spacial score (nSPS) is 30.1. The minimum atomic E-state index is -0.0236. The Morgan fingerprint density at radius 2 is 1.60 bits per heavy atom. The van der Waals surface area contributed by atoms with Gasteiger partial charge in [0.1, 0.15) is 0 Å². The quantitative estimate of drug-likeness (QED) is 0.642. The zero-order valence-corrected chi connectivity index (χ0v) is 18.3. The number of amides is 2. The van der Waals surface area contributed by atoms with Gasteiger partial charge in [0, 0.05) is 65.2 Å². The van der Waals surface area contributed by atoms with Crippen LogP contribution in [0, 0.1) is 11.3 Å². The summed E-state index contributed by atoms with van der Waals surface area (Å²) in [6.45, 7) is 3.07. The standard InChI is InChI=1S/C21H27Cl2N5O2/c22-15-7-14(8-16(23)10-15)20(30)27-5-3-21(4-6-27)11-28(12-21)19(29)13-1-2-17-18(9-13)25-26-24-17/h7-8,10,13,17-18,24-26H,1-6,9,11-12H2. The fourth-order valence-corrected chi connectivity index (χ4v) is 6.02. The van der Waals surface area contributed by atoms with E-state index in [2.05, 4.69) is 16.4 Å². The van der Waals surface area contributed by atoms with Gasteiger partial charge in [-0.15, -0.1) is 0 Å². The maximum Gasteiger partial charge on any atom is 0.253 e. The molecule has 0 bridgehead atoms. The Balaban J connectivity index is 1.13. The van der Waals surface area contributed by atoms with Crippen molar-refractivity contribution in [3.63, 3.8) is 0 Å². The van der Waals surface area contributed by atoms with Gasteiger partial charge in [-0.3, -0.25) is 9.59 Å². The second-order valence-electron chi connectivity index (χ2n) is 9.28. The first kappa shape index (κ1) is 20.5. The molecule has 3 atom stereocenters. The van der Waals surface area contributed by atoms with E-state index in [1.807, 2.05) is 9.80 Å². The summed E-state index contributed by atoms with van der Waals surface area (Å²) in [6, 6.07) is 5.73. The van der Waals surface area contributed by atoms with Crippen LogP contribution in [0.4, 0.5) is 0 Å². The smallest absolute Gasteiger partial charge is 0.253 e. The van der Waals surface area contributed by atoms with E-state index in [-0.39, 0.29) is 17.2 Å². The number of halogens is 2. The highest BCUT2D eigenvalue weighted by molar-refractivity contribution is 6.35. The van der Waals surface area contributed by atoms with Gasteiger partial charge in [-0.1, -0.05) is 23.2 Å². The minimum Gasteiger partial charge on any atom is -0.341 e. The van der Waals surface area contributed by atoms with E-state index in [0.29, 0.717) is 46.7 Å². The van der Waals surface area contributed by atoms with Gasteiger partial charge in [-0.25, -0.2) is 10.9 Å². The number of benzene rings is 1. The lowest BCUT2D eigenvalue weighted by atomic mass is 9.71. The molecule has 1 aliphatic carbocycles. The fraction of sp³-hybridized carbons (Fsp3) is 0.619. The third-order valence-electron chi connectivity index (χ3n) is 7.30. The van der Waals surface area contributed by atoms with Gasteiger partial charge in [0.15, 0.2) is 0 Å². The summed E-state index contributed by atoms with van der Waals surface area (Å²) in [6.07, 6.45) is 4.72. The molecule has 1 aromatic carbocycles. The molecule has 3 N–H and O–H groups in total. The lowest BCUT2D eigenvalue weighted by Crippen LogP contribution is -2.63. The van der Waals surface area contributed by atoms with Crippen LogP contribution in [0.2, 0.25) is 10.0 Å². The lowest BCUT2D eigenvalue weighted by Gasteiger charge is -2.55. The Hall–Kier alpha value is -1.38. The van der Waals surface area contributed by atoms with Crippen LogP contribution in [-0.4, -0.2) is 59.9 Å². The maximum absolute atomic E-state index is 13.0. The molecule has 9 heteroatoms. The van der Waals surface area contributed by atoms with Crippen LogP contribution in [0.5, 0.6) is 0 Å². The van der Waals surface area contributed by atoms with Crippen molar-refractivity contribution in [3.05, 3.63) is 33.8 Å². The largest absolute Gasteiger partial charge is 0.341 e. The second-order valence-corrected chi connectivity index (χ2v) is 10.2. The maximum atomic E-state index is 13.0. The Morgan fingerprint density at radius 1 is 0.933 bits per heavy atom. The molecular weight excluding hydrogens is 425 g/mol. The van der Waals surface area contributed by atoms with Crippen molar-refractivity contribution < 1.29 is 9.59 Å². The van der Waals surface area contributed by atoms with Gasteiger partial charge in [0.25, 0.3) is 5.91 Å². The SMILES string of the molecule is O=C(c1cc(Cl)cc(Cl)c1)N1CCC2(CC1)CN(C(=O)C1CCC3NNNC3C1)C2. The average molecular weight is 452 g/mol. The summed E-state index contributed by atoms with van der Waals surface area (Å²) in [7, 11) is 0. The summed E-state index contributed by atoms with van der Waals surface area (Å²) in [5, 5.41) is 0.946. The Kier molecular flexibility index (Phi) is 5.44. The van der Waals surface area contributed by atoms with Gasteiger partial charge >= 0.3 is 0 Å². The van der Waals surface area contributed by atoms with Crippen LogP contribution in [-0.2, 0) is 4.79 Å². The van der Waals surface area contributed by atoms with Crippen molar-refractivity contribution >= 4 is 35.0 Å². The molecule has 3 heterocycles. The van der Waals surface area contributed by atoms with Gasteiger partial charge in [0.2, 0.25) is 5.91 Å². The monoisotopic (exact) mass is 451 g/mol. The van der Waals surface area contributed by atoms with Crippen molar-refractivity contribution in [1.29, 1.82) is 0 Å². The van der Waals surface area contributed by atoms with E-state index >= 15 is 0 Å². The number of carbonyl (C=O) groups is 2. The predicted octanol–water partition coefficient (Wildman–Crippen LogP) is 2.21. The summed E-state index contributed by atoms with van der Waals surface area (Å²) >= 11 is 12.1. The van der Waals surface area contributed by atoms with Crippen LogP contribution in [0.25, 0.3) is 0 Å². The molecule has 4 fully saturated rings. The predicted molar refractivity (Wildman–Crippen MR) is 115 cm³/mol. The number of piperidine rings is 1. The Labute approximate surface area is 186 Å². The number of hydrogen-bond acceptors (Lipinski definition) is 5. The number of nitrogens with one attached hydrogen (secondary N) is 3. The number of fused-ring (bicyclic) bond motifs is 1. The van der Waals surface area contributed by atoms with Crippen molar-refractivity contribution in [2.45, 2.75) is 44.2 Å². The van der Waals surface area contributed by atoms with Crippen LogP contribution in [0.15, 0.2) is 18.2 Å². The molecule has 5 rings (SSSR count). The number of rotatable bonds is 2. The van der Waals surface area contributed by atoms with Gasteiger partial charge in [-0.2, -0.15) is 5.53 Å². The molecule has 3 aliphatic heterocycles. The van der Waals surface area contributed by atoms with Crippen LogP contribution >= 0.6 is 23.2 Å². The summed E-state index contributed by atoms with van der Waals surface area (Å²) in [5.74, 6) is 0.399. The number of likely N-dealkylation sites (tertiary alicyclic amines) is 2. The van der Waals surface area contributed by atoms with E-state index < -0.39 is 0 Å². The third-order valence-corrected chi connectivity index (χ3v) is 7.74. The van der Waals surface area contributed by atoms with Crippen LogP contribution < -0.4 is 16.4 Å². The molecule has 7 nitrogen and oxygen atoms in total. The van der Waals surface area contributed by atoms with Crippen LogP contribution in [0.1, 0.15) is 42.5 Å². The van der Waals surface area contributed by atoms with Crippen molar-refractivity contribution in [2.24, 2.45) is 11.3 Å². The summed E-state index contributed by atoms with van der Waals surface area (Å²) < 4.78 is 0. The summed E-state index contributed by atoms with van der Waals surface area (Å²) in [4.78, 5) is 29.7. The van der Waals surface area contributed by atoms with Gasteiger partial charge in [0.05, 0.1) is 0 Å². The molecule has 4 aliphatic rings. The first-order valence-electron chi connectivity index (χ1n) is 10.7. The Morgan fingerprint density at radius 3 is 2.30 bits per heavy atom. The highest BCUT2D eigenvalue weighted by Crippen LogP contribution is 2.42. The van der Waals surface area contributed by atoms with Crippen molar-refractivity contribution in [1.82, 2.24) is 26.2 Å². The zero-order chi connectivity index (χ0) is 20.9. The second kappa shape index (κ2) is 7.95. The molecule has 2 amide bonds.